The monoisotopic (exact) mass is 679 g/mol. The first-order valence-electron chi connectivity index (χ1n) is 18.0. The molecule has 4 aromatic rings. The fourth-order valence-electron chi connectivity index (χ4n) is 6.74. The number of fused-ring (bicyclic) bond motifs is 1. The van der Waals surface area contributed by atoms with Gasteiger partial charge < -0.3 is 23.9 Å². The Morgan fingerprint density at radius 1 is 0.720 bits per heavy atom. The summed E-state index contributed by atoms with van der Waals surface area (Å²) < 4.78 is 12.0. The molecule has 2 amide bonds. The molecule has 0 unspecified atom stereocenters. The number of nitrogens with zero attached hydrogens (tertiary/aromatic N) is 5. The zero-order chi connectivity index (χ0) is 35.0. The summed E-state index contributed by atoms with van der Waals surface area (Å²) in [6.45, 7) is 15.5. The molecule has 2 aliphatic rings. The summed E-state index contributed by atoms with van der Waals surface area (Å²) in [4.78, 5) is 49.7. The van der Waals surface area contributed by atoms with Gasteiger partial charge in [0, 0.05) is 100 Å². The standard InChI is InChI=1S/C40H49N5O5/c1-4-30-7-9-32(10-8-30)40(48)45-23-19-42(20-24-45)29-38(46)44-21-17-41(18-22-44)25-26-49-35-15-12-31(13-16-35)39(47)37-27-33-11-14-34(28-36(33)50-37)43(5-2)6-3/h7-16,27-28H,4-6,17-26,29H2,1-3H3. The minimum atomic E-state index is -0.157. The number of rotatable bonds is 13. The number of benzene rings is 3. The van der Waals surface area contributed by atoms with Crippen LogP contribution in [0.4, 0.5) is 5.69 Å². The molecule has 0 radical (unpaired) electrons. The fraction of sp³-hybridized carbons (Fsp3) is 0.425. The van der Waals surface area contributed by atoms with Gasteiger partial charge in [-0.15, -0.1) is 0 Å². The van der Waals surface area contributed by atoms with E-state index < -0.39 is 0 Å². The first kappa shape index (κ1) is 35.2. The summed E-state index contributed by atoms with van der Waals surface area (Å²) in [6.07, 6.45) is 0.955. The molecule has 0 bridgehead atoms. The molecule has 3 aromatic carbocycles. The van der Waals surface area contributed by atoms with Crippen LogP contribution in [0.1, 0.15) is 52.8 Å². The molecule has 2 fully saturated rings. The summed E-state index contributed by atoms with van der Waals surface area (Å²) in [7, 11) is 0. The number of carbonyl (C=O) groups excluding carboxylic acids is 3. The number of aryl methyl sites for hydroxylation is 1. The van der Waals surface area contributed by atoms with Crippen LogP contribution in [0, 0.1) is 0 Å². The van der Waals surface area contributed by atoms with E-state index in [1.165, 1.54) is 5.56 Å². The van der Waals surface area contributed by atoms with Gasteiger partial charge in [0.2, 0.25) is 11.7 Å². The second-order valence-electron chi connectivity index (χ2n) is 13.0. The number of hydrogen-bond acceptors (Lipinski definition) is 8. The zero-order valence-electron chi connectivity index (χ0n) is 29.6. The zero-order valence-corrected chi connectivity index (χ0v) is 29.6. The highest BCUT2D eigenvalue weighted by molar-refractivity contribution is 6.09. The lowest BCUT2D eigenvalue weighted by molar-refractivity contribution is -0.134. The van der Waals surface area contributed by atoms with E-state index >= 15 is 0 Å². The number of carbonyl (C=O) groups is 3. The minimum Gasteiger partial charge on any atom is -0.492 e. The molecule has 2 saturated heterocycles. The smallest absolute Gasteiger partial charge is 0.253 e. The molecular weight excluding hydrogens is 630 g/mol. The summed E-state index contributed by atoms with van der Waals surface area (Å²) in [6, 6.07) is 22.9. The maximum atomic E-state index is 13.2. The van der Waals surface area contributed by atoms with Crippen molar-refractivity contribution in [2.24, 2.45) is 0 Å². The van der Waals surface area contributed by atoms with Crippen LogP contribution in [0.15, 0.2) is 77.2 Å². The van der Waals surface area contributed by atoms with E-state index in [-0.39, 0.29) is 17.6 Å². The fourth-order valence-corrected chi connectivity index (χ4v) is 6.74. The molecule has 1 aromatic heterocycles. The molecule has 6 rings (SSSR count). The largest absolute Gasteiger partial charge is 0.492 e. The molecule has 0 atom stereocenters. The van der Waals surface area contributed by atoms with Gasteiger partial charge in [0.15, 0.2) is 5.76 Å². The highest BCUT2D eigenvalue weighted by atomic mass is 16.5. The van der Waals surface area contributed by atoms with Crippen molar-refractivity contribution in [2.45, 2.75) is 27.2 Å². The third kappa shape index (κ3) is 8.37. The lowest BCUT2D eigenvalue weighted by Crippen LogP contribution is -2.54. The van der Waals surface area contributed by atoms with Gasteiger partial charge in [-0.1, -0.05) is 19.1 Å². The Morgan fingerprint density at radius 3 is 2.02 bits per heavy atom. The lowest BCUT2D eigenvalue weighted by atomic mass is 10.1. The Balaban J connectivity index is 0.892. The normalized spacial score (nSPS) is 15.7. The second kappa shape index (κ2) is 16.4. The Bertz CT molecular complexity index is 1750. The van der Waals surface area contributed by atoms with Crippen LogP contribution in [0.2, 0.25) is 0 Å². The van der Waals surface area contributed by atoms with Gasteiger partial charge in [-0.05, 0) is 80.4 Å². The molecule has 10 heteroatoms. The number of ether oxygens (including phenoxy) is 1. The van der Waals surface area contributed by atoms with Crippen molar-refractivity contribution < 1.29 is 23.5 Å². The van der Waals surface area contributed by atoms with Crippen molar-refractivity contribution in [3.8, 4) is 5.75 Å². The van der Waals surface area contributed by atoms with Crippen LogP contribution >= 0.6 is 0 Å². The van der Waals surface area contributed by atoms with E-state index in [2.05, 4.69) is 41.5 Å². The summed E-state index contributed by atoms with van der Waals surface area (Å²) in [5, 5.41) is 0.909. The quantitative estimate of drug-likeness (QED) is 0.182. The first-order valence-corrected chi connectivity index (χ1v) is 18.0. The van der Waals surface area contributed by atoms with Gasteiger partial charge >= 0.3 is 0 Å². The highest BCUT2D eigenvalue weighted by Gasteiger charge is 2.27. The molecule has 0 spiro atoms. The number of hydrogen-bond donors (Lipinski definition) is 0. The summed E-state index contributed by atoms with van der Waals surface area (Å²) >= 11 is 0. The maximum absolute atomic E-state index is 13.2. The van der Waals surface area contributed by atoms with Gasteiger partial charge in [0.25, 0.3) is 5.91 Å². The second-order valence-corrected chi connectivity index (χ2v) is 13.0. The van der Waals surface area contributed by atoms with Crippen molar-refractivity contribution in [2.75, 3.05) is 90.0 Å². The molecule has 0 N–H and O–H groups in total. The van der Waals surface area contributed by atoms with Gasteiger partial charge in [-0.3, -0.25) is 24.2 Å². The lowest BCUT2D eigenvalue weighted by Gasteiger charge is -2.38. The number of piperazine rings is 2. The van der Waals surface area contributed by atoms with E-state index in [0.717, 1.165) is 55.8 Å². The molecule has 0 saturated carbocycles. The highest BCUT2D eigenvalue weighted by Crippen LogP contribution is 2.27. The first-order chi connectivity index (χ1) is 24.3. The molecular formula is C40H49N5O5. The van der Waals surface area contributed by atoms with E-state index in [1.54, 1.807) is 18.2 Å². The van der Waals surface area contributed by atoms with E-state index in [9.17, 15) is 14.4 Å². The average Bonchev–Trinajstić information content (AvgIpc) is 3.59. The third-order valence-electron chi connectivity index (χ3n) is 10.0. The number of amides is 2. The van der Waals surface area contributed by atoms with Crippen LogP contribution < -0.4 is 9.64 Å². The Kier molecular flexibility index (Phi) is 11.5. The van der Waals surface area contributed by atoms with Gasteiger partial charge in [0.1, 0.15) is 17.9 Å². The molecule has 264 valence electrons. The minimum absolute atomic E-state index is 0.0642. The summed E-state index contributed by atoms with van der Waals surface area (Å²) in [5.41, 5.74) is 4.29. The van der Waals surface area contributed by atoms with Crippen LogP contribution in [0.5, 0.6) is 5.75 Å². The van der Waals surface area contributed by atoms with E-state index in [4.69, 9.17) is 9.15 Å². The Labute approximate surface area is 295 Å². The SMILES string of the molecule is CCc1ccc(C(=O)N2CCN(CC(=O)N3CCN(CCOc4ccc(C(=O)c5cc6ccc(N(CC)CC)cc6o5)cc4)CC3)CC2)cc1. The van der Waals surface area contributed by atoms with Crippen molar-refractivity contribution in [3.63, 3.8) is 0 Å². The predicted molar refractivity (Wildman–Crippen MR) is 196 cm³/mol. The van der Waals surface area contributed by atoms with Crippen molar-refractivity contribution >= 4 is 34.3 Å². The number of furan rings is 1. The summed E-state index contributed by atoms with van der Waals surface area (Å²) in [5.74, 6) is 1.09. The van der Waals surface area contributed by atoms with Crippen molar-refractivity contribution in [3.05, 3.63) is 95.2 Å². The number of ketones is 1. The molecule has 3 heterocycles. The van der Waals surface area contributed by atoms with Crippen LogP contribution in [-0.2, 0) is 11.2 Å². The molecule has 10 nitrogen and oxygen atoms in total. The maximum Gasteiger partial charge on any atom is 0.253 e. The topological polar surface area (TPSA) is 89.8 Å². The predicted octanol–water partition coefficient (Wildman–Crippen LogP) is 5.05. The van der Waals surface area contributed by atoms with Crippen molar-refractivity contribution in [1.29, 1.82) is 0 Å². The average molecular weight is 680 g/mol. The van der Waals surface area contributed by atoms with Gasteiger partial charge in [0.05, 0.1) is 6.54 Å². The Morgan fingerprint density at radius 2 is 1.36 bits per heavy atom. The van der Waals surface area contributed by atoms with Crippen LogP contribution in [-0.4, -0.2) is 122 Å². The van der Waals surface area contributed by atoms with Crippen LogP contribution in [0.3, 0.4) is 0 Å². The van der Waals surface area contributed by atoms with Crippen LogP contribution in [0.25, 0.3) is 11.0 Å². The van der Waals surface area contributed by atoms with E-state index in [0.29, 0.717) is 75.1 Å². The van der Waals surface area contributed by atoms with Crippen molar-refractivity contribution in [1.82, 2.24) is 19.6 Å². The van der Waals surface area contributed by atoms with E-state index in [1.807, 2.05) is 58.3 Å². The molecule has 2 aliphatic heterocycles. The molecule has 0 aliphatic carbocycles. The third-order valence-corrected chi connectivity index (χ3v) is 10.0. The van der Waals surface area contributed by atoms with Gasteiger partial charge in [-0.2, -0.15) is 0 Å². The molecule has 50 heavy (non-hydrogen) atoms. The number of anilines is 1. The Hall–Kier alpha value is -4.67. The van der Waals surface area contributed by atoms with Gasteiger partial charge in [-0.25, -0.2) is 0 Å².